The molecule has 0 saturated heterocycles. The number of ether oxygens (including phenoxy) is 1. The lowest BCUT2D eigenvalue weighted by Crippen LogP contribution is -2.13. The van der Waals surface area contributed by atoms with Crippen LogP contribution >= 0.6 is 0 Å². The number of anilines is 1. The largest absolute Gasteiger partial charge is 0.496 e. The number of imidazole rings is 1. The van der Waals surface area contributed by atoms with E-state index in [-0.39, 0.29) is 5.41 Å². The minimum absolute atomic E-state index is 0.0110. The summed E-state index contributed by atoms with van der Waals surface area (Å²) < 4.78 is 5.45. The van der Waals surface area contributed by atoms with Crippen LogP contribution in [0.3, 0.4) is 0 Å². The van der Waals surface area contributed by atoms with Crippen molar-refractivity contribution in [1.82, 2.24) is 9.97 Å². The van der Waals surface area contributed by atoms with Crippen LogP contribution in [-0.4, -0.2) is 17.1 Å². The van der Waals surface area contributed by atoms with E-state index in [1.807, 2.05) is 19.1 Å². The fourth-order valence-corrected chi connectivity index (χ4v) is 2.21. The number of aromatic nitrogens is 2. The van der Waals surface area contributed by atoms with Crippen LogP contribution in [0.4, 0.5) is 5.95 Å². The zero-order valence-electron chi connectivity index (χ0n) is 12.2. The number of aryl methyl sites for hydroxylation is 1. The second kappa shape index (κ2) is 4.61. The summed E-state index contributed by atoms with van der Waals surface area (Å²) in [6.07, 6.45) is 0. The highest BCUT2D eigenvalue weighted by molar-refractivity contribution is 5.66. The Kier molecular flexibility index (Phi) is 3.27. The molecule has 0 amide bonds. The molecule has 1 aromatic heterocycles. The van der Waals surface area contributed by atoms with Gasteiger partial charge in [0.1, 0.15) is 5.75 Å². The second-order valence-electron chi connectivity index (χ2n) is 5.76. The third-order valence-electron chi connectivity index (χ3n) is 3.18. The summed E-state index contributed by atoms with van der Waals surface area (Å²) in [5.41, 5.74) is 9.80. The van der Waals surface area contributed by atoms with Gasteiger partial charge in [0.2, 0.25) is 0 Å². The first kappa shape index (κ1) is 13.5. The van der Waals surface area contributed by atoms with Crippen molar-refractivity contribution in [2.45, 2.75) is 33.1 Å². The lowest BCUT2D eigenvalue weighted by atomic mass is 9.85. The summed E-state index contributed by atoms with van der Waals surface area (Å²) in [6.45, 7) is 8.47. The number of nitrogens with two attached hydrogens (primary N) is 1. The molecule has 3 N–H and O–H groups in total. The van der Waals surface area contributed by atoms with Gasteiger partial charge in [-0.25, -0.2) is 4.98 Å². The number of hydrogen-bond acceptors (Lipinski definition) is 3. The molecule has 0 fully saturated rings. The first-order valence-corrected chi connectivity index (χ1v) is 6.34. The highest BCUT2D eigenvalue weighted by atomic mass is 16.5. The molecule has 19 heavy (non-hydrogen) atoms. The minimum atomic E-state index is 0.0110. The van der Waals surface area contributed by atoms with Gasteiger partial charge >= 0.3 is 0 Å². The number of H-pyrrole nitrogens is 1. The van der Waals surface area contributed by atoms with Gasteiger partial charge < -0.3 is 15.5 Å². The lowest BCUT2D eigenvalue weighted by molar-refractivity contribution is 0.397. The molecule has 1 aromatic carbocycles. The summed E-state index contributed by atoms with van der Waals surface area (Å²) in [5.74, 6) is 1.35. The molecule has 0 saturated carbocycles. The molecule has 1 heterocycles. The molecule has 2 rings (SSSR count). The van der Waals surface area contributed by atoms with Crippen LogP contribution in [0.1, 0.15) is 32.0 Å². The normalized spacial score (nSPS) is 11.6. The first-order valence-electron chi connectivity index (χ1n) is 6.34. The lowest BCUT2D eigenvalue weighted by Gasteiger charge is -2.22. The van der Waals surface area contributed by atoms with E-state index in [1.54, 1.807) is 7.11 Å². The van der Waals surface area contributed by atoms with Crippen molar-refractivity contribution in [2.24, 2.45) is 0 Å². The number of nitrogens with zero attached hydrogens (tertiary/aromatic N) is 1. The molecule has 0 radical (unpaired) electrons. The van der Waals surface area contributed by atoms with Crippen molar-refractivity contribution >= 4 is 5.95 Å². The van der Waals surface area contributed by atoms with Gasteiger partial charge in [0.15, 0.2) is 5.95 Å². The average molecular weight is 259 g/mol. The predicted molar refractivity (Wildman–Crippen MR) is 78.4 cm³/mol. The molecule has 0 atom stereocenters. The smallest absolute Gasteiger partial charge is 0.198 e. The number of nitrogen functional groups attached to an aromatic ring is 1. The molecule has 0 unspecified atom stereocenters. The molecule has 0 spiro atoms. The first-order chi connectivity index (χ1) is 8.82. The summed E-state index contributed by atoms with van der Waals surface area (Å²) in [5, 5.41) is 0. The van der Waals surface area contributed by atoms with Crippen molar-refractivity contribution in [2.75, 3.05) is 12.8 Å². The fourth-order valence-electron chi connectivity index (χ4n) is 2.21. The van der Waals surface area contributed by atoms with Crippen LogP contribution in [0.25, 0.3) is 11.3 Å². The Morgan fingerprint density at radius 3 is 2.42 bits per heavy atom. The number of hydrogen-bond donors (Lipinski definition) is 2. The Bertz CT molecular complexity index is 594. The van der Waals surface area contributed by atoms with Gasteiger partial charge in [-0.15, -0.1) is 0 Å². The Hall–Kier alpha value is -1.97. The van der Waals surface area contributed by atoms with E-state index in [0.717, 1.165) is 28.3 Å². The van der Waals surface area contributed by atoms with Gasteiger partial charge in [0, 0.05) is 16.8 Å². The Labute approximate surface area is 114 Å². The van der Waals surface area contributed by atoms with E-state index in [1.165, 1.54) is 0 Å². The van der Waals surface area contributed by atoms with E-state index in [4.69, 9.17) is 10.5 Å². The van der Waals surface area contributed by atoms with Gasteiger partial charge in [-0.05, 0) is 30.5 Å². The number of rotatable bonds is 2. The van der Waals surface area contributed by atoms with Crippen LogP contribution in [0.2, 0.25) is 0 Å². The standard InChI is InChI=1S/C15H21N3O/c1-9-13(18-14(16)17-9)10-6-7-12(19-5)11(8-10)15(2,3)4/h6-8H,1-5H3,(H3,16,17,18). The topological polar surface area (TPSA) is 63.9 Å². The molecule has 0 aliphatic carbocycles. The Morgan fingerprint density at radius 1 is 1.26 bits per heavy atom. The minimum Gasteiger partial charge on any atom is -0.496 e. The van der Waals surface area contributed by atoms with Crippen LogP contribution in [0, 0.1) is 6.92 Å². The van der Waals surface area contributed by atoms with E-state index in [2.05, 4.69) is 36.8 Å². The SMILES string of the molecule is COc1ccc(-c2nc(N)[nH]c2C)cc1C(C)(C)C. The number of aromatic amines is 1. The summed E-state index contributed by atoms with van der Waals surface area (Å²) in [4.78, 5) is 7.37. The summed E-state index contributed by atoms with van der Waals surface area (Å²) >= 11 is 0. The van der Waals surface area contributed by atoms with Crippen molar-refractivity contribution in [3.05, 3.63) is 29.5 Å². The third kappa shape index (κ3) is 2.57. The van der Waals surface area contributed by atoms with Gasteiger partial charge in [-0.1, -0.05) is 20.8 Å². The zero-order valence-corrected chi connectivity index (χ0v) is 12.2. The highest BCUT2D eigenvalue weighted by Crippen LogP contribution is 2.35. The van der Waals surface area contributed by atoms with Gasteiger partial charge in [-0.3, -0.25) is 0 Å². The van der Waals surface area contributed by atoms with Gasteiger partial charge in [0.25, 0.3) is 0 Å². The van der Waals surface area contributed by atoms with E-state index in [0.29, 0.717) is 5.95 Å². The third-order valence-corrected chi connectivity index (χ3v) is 3.18. The highest BCUT2D eigenvalue weighted by Gasteiger charge is 2.20. The zero-order chi connectivity index (χ0) is 14.2. The number of methoxy groups -OCH3 is 1. The Morgan fingerprint density at radius 2 is 1.95 bits per heavy atom. The number of benzene rings is 1. The van der Waals surface area contributed by atoms with Crippen molar-refractivity contribution in [1.29, 1.82) is 0 Å². The second-order valence-corrected chi connectivity index (χ2v) is 5.76. The quantitative estimate of drug-likeness (QED) is 0.870. The monoisotopic (exact) mass is 259 g/mol. The van der Waals surface area contributed by atoms with E-state index in [9.17, 15) is 0 Å². The fraction of sp³-hybridized carbons (Fsp3) is 0.400. The summed E-state index contributed by atoms with van der Waals surface area (Å²) in [6, 6.07) is 6.12. The van der Waals surface area contributed by atoms with Gasteiger partial charge in [0.05, 0.1) is 12.8 Å². The molecule has 2 aromatic rings. The van der Waals surface area contributed by atoms with Crippen LogP contribution in [0.5, 0.6) is 5.75 Å². The average Bonchev–Trinajstić information content (AvgIpc) is 2.66. The molecular formula is C15H21N3O. The molecule has 4 nitrogen and oxygen atoms in total. The molecule has 4 heteroatoms. The van der Waals surface area contributed by atoms with E-state index < -0.39 is 0 Å². The van der Waals surface area contributed by atoms with Crippen LogP contribution in [0.15, 0.2) is 18.2 Å². The maximum Gasteiger partial charge on any atom is 0.198 e. The Balaban J connectivity index is 2.58. The molecular weight excluding hydrogens is 238 g/mol. The van der Waals surface area contributed by atoms with Crippen LogP contribution < -0.4 is 10.5 Å². The maximum absolute atomic E-state index is 5.71. The van der Waals surface area contributed by atoms with Crippen molar-refractivity contribution in [3.8, 4) is 17.0 Å². The molecule has 0 aliphatic rings. The molecule has 102 valence electrons. The summed E-state index contributed by atoms with van der Waals surface area (Å²) in [7, 11) is 1.70. The van der Waals surface area contributed by atoms with Crippen molar-refractivity contribution in [3.63, 3.8) is 0 Å². The predicted octanol–water partition coefficient (Wildman–Crippen LogP) is 3.27. The molecule has 0 bridgehead atoms. The van der Waals surface area contributed by atoms with Gasteiger partial charge in [-0.2, -0.15) is 0 Å². The van der Waals surface area contributed by atoms with Crippen molar-refractivity contribution < 1.29 is 4.74 Å². The maximum atomic E-state index is 5.71. The van der Waals surface area contributed by atoms with Crippen LogP contribution in [-0.2, 0) is 5.41 Å². The molecule has 0 aliphatic heterocycles. The number of nitrogens with one attached hydrogen (secondary N) is 1. The van der Waals surface area contributed by atoms with E-state index >= 15 is 0 Å².